The van der Waals surface area contributed by atoms with Crippen LogP contribution in [0.2, 0.25) is 0 Å². The summed E-state index contributed by atoms with van der Waals surface area (Å²) in [6.45, 7) is 6.00. The number of piperazine rings is 1. The van der Waals surface area contributed by atoms with Crippen molar-refractivity contribution in [1.29, 1.82) is 0 Å². The standard InChI is InChI=1S/C14H20N2O3/c17-14(18)12-3-8-19-13(12)10-16-6-4-15(5-7-16)9-11-1-2-11/h3,8,11H,1-2,4-7,9-10H2,(H,17,18). The minimum atomic E-state index is -0.906. The van der Waals surface area contributed by atoms with Gasteiger partial charge in [0.25, 0.3) is 0 Å². The van der Waals surface area contributed by atoms with Gasteiger partial charge < -0.3 is 14.4 Å². The van der Waals surface area contributed by atoms with E-state index in [1.807, 2.05) is 0 Å². The molecular formula is C14H20N2O3. The highest BCUT2D eigenvalue weighted by Gasteiger charge is 2.27. The molecule has 2 aliphatic rings. The van der Waals surface area contributed by atoms with Crippen molar-refractivity contribution in [3.05, 3.63) is 23.7 Å². The molecule has 0 spiro atoms. The number of rotatable bonds is 5. The van der Waals surface area contributed by atoms with Gasteiger partial charge in [0.1, 0.15) is 11.3 Å². The second-order valence-electron chi connectivity index (χ2n) is 5.58. The number of carboxylic acid groups (broad SMARTS) is 1. The minimum Gasteiger partial charge on any atom is -0.478 e. The summed E-state index contributed by atoms with van der Waals surface area (Å²) >= 11 is 0. The van der Waals surface area contributed by atoms with Gasteiger partial charge in [-0.05, 0) is 24.8 Å². The molecule has 1 aromatic rings. The summed E-state index contributed by atoms with van der Waals surface area (Å²) in [6, 6.07) is 1.53. The number of hydrogen-bond donors (Lipinski definition) is 1. The summed E-state index contributed by atoms with van der Waals surface area (Å²) in [6.07, 6.45) is 4.26. The molecule has 0 unspecified atom stereocenters. The molecule has 3 rings (SSSR count). The lowest BCUT2D eigenvalue weighted by Crippen LogP contribution is -2.46. The van der Waals surface area contributed by atoms with Gasteiger partial charge in [-0.3, -0.25) is 4.90 Å². The van der Waals surface area contributed by atoms with Crippen molar-refractivity contribution in [2.75, 3.05) is 32.7 Å². The molecule has 2 heterocycles. The molecule has 104 valence electrons. The number of carbonyl (C=O) groups is 1. The van der Waals surface area contributed by atoms with E-state index in [2.05, 4.69) is 9.80 Å². The summed E-state index contributed by atoms with van der Waals surface area (Å²) in [5, 5.41) is 9.05. The van der Waals surface area contributed by atoms with E-state index in [9.17, 15) is 4.79 Å². The first-order valence-electron chi connectivity index (χ1n) is 6.97. The maximum atomic E-state index is 11.0. The predicted octanol–water partition coefficient (Wildman–Crippen LogP) is 1.51. The monoisotopic (exact) mass is 264 g/mol. The number of hydrogen-bond acceptors (Lipinski definition) is 4. The molecule has 1 aromatic heterocycles. The number of furan rings is 1. The summed E-state index contributed by atoms with van der Waals surface area (Å²) < 4.78 is 5.29. The molecule has 0 atom stereocenters. The predicted molar refractivity (Wildman–Crippen MR) is 70.1 cm³/mol. The molecule has 1 aliphatic heterocycles. The smallest absolute Gasteiger partial charge is 0.339 e. The maximum Gasteiger partial charge on any atom is 0.339 e. The fourth-order valence-corrected chi connectivity index (χ4v) is 2.65. The SMILES string of the molecule is O=C(O)c1ccoc1CN1CCN(CC2CC2)CC1. The molecule has 0 bridgehead atoms. The van der Waals surface area contributed by atoms with Crippen LogP contribution in [0.1, 0.15) is 29.0 Å². The highest BCUT2D eigenvalue weighted by atomic mass is 16.4. The topological polar surface area (TPSA) is 56.9 Å². The fraction of sp³-hybridized carbons (Fsp3) is 0.643. The van der Waals surface area contributed by atoms with Crippen LogP contribution in [0.15, 0.2) is 16.7 Å². The zero-order valence-electron chi connectivity index (χ0n) is 11.0. The lowest BCUT2D eigenvalue weighted by atomic mass is 10.2. The van der Waals surface area contributed by atoms with Gasteiger partial charge in [-0.15, -0.1) is 0 Å². The Balaban J connectivity index is 1.51. The quantitative estimate of drug-likeness (QED) is 0.873. The third-order valence-corrected chi connectivity index (χ3v) is 4.02. The maximum absolute atomic E-state index is 11.0. The van der Waals surface area contributed by atoms with Crippen LogP contribution in [-0.4, -0.2) is 53.6 Å². The number of aromatic carboxylic acids is 1. The second kappa shape index (κ2) is 5.35. The fourth-order valence-electron chi connectivity index (χ4n) is 2.65. The van der Waals surface area contributed by atoms with E-state index in [1.54, 1.807) is 0 Å². The highest BCUT2D eigenvalue weighted by molar-refractivity contribution is 5.88. The van der Waals surface area contributed by atoms with Crippen LogP contribution in [0, 0.1) is 5.92 Å². The van der Waals surface area contributed by atoms with Gasteiger partial charge >= 0.3 is 5.97 Å². The van der Waals surface area contributed by atoms with Crippen LogP contribution in [-0.2, 0) is 6.54 Å². The Morgan fingerprint density at radius 3 is 2.58 bits per heavy atom. The van der Waals surface area contributed by atoms with Crippen molar-refractivity contribution in [2.45, 2.75) is 19.4 Å². The molecule has 1 aliphatic carbocycles. The number of nitrogens with zero attached hydrogens (tertiary/aromatic N) is 2. The van der Waals surface area contributed by atoms with E-state index in [1.165, 1.54) is 31.7 Å². The van der Waals surface area contributed by atoms with E-state index in [-0.39, 0.29) is 0 Å². The first-order valence-corrected chi connectivity index (χ1v) is 6.97. The molecule has 0 aromatic carbocycles. The van der Waals surface area contributed by atoms with Crippen LogP contribution in [0.5, 0.6) is 0 Å². The van der Waals surface area contributed by atoms with Gasteiger partial charge in [-0.1, -0.05) is 0 Å². The normalized spacial score (nSPS) is 21.7. The van der Waals surface area contributed by atoms with Crippen molar-refractivity contribution in [1.82, 2.24) is 9.80 Å². The first-order chi connectivity index (χ1) is 9.22. The Hall–Kier alpha value is -1.33. The summed E-state index contributed by atoms with van der Waals surface area (Å²) in [5.41, 5.74) is 0.292. The van der Waals surface area contributed by atoms with Gasteiger partial charge in [0.2, 0.25) is 0 Å². The van der Waals surface area contributed by atoms with Crippen molar-refractivity contribution in [2.24, 2.45) is 5.92 Å². The largest absolute Gasteiger partial charge is 0.478 e. The highest BCUT2D eigenvalue weighted by Crippen LogP contribution is 2.30. The van der Waals surface area contributed by atoms with Gasteiger partial charge in [0.15, 0.2) is 0 Å². The van der Waals surface area contributed by atoms with E-state index < -0.39 is 5.97 Å². The van der Waals surface area contributed by atoms with E-state index in [0.29, 0.717) is 17.9 Å². The molecule has 1 saturated carbocycles. The molecule has 5 heteroatoms. The Labute approximate surface area is 112 Å². The van der Waals surface area contributed by atoms with Crippen LogP contribution in [0.3, 0.4) is 0 Å². The van der Waals surface area contributed by atoms with Crippen LogP contribution in [0.4, 0.5) is 0 Å². The Kier molecular flexibility index (Phi) is 3.57. The van der Waals surface area contributed by atoms with Crippen molar-refractivity contribution in [3.63, 3.8) is 0 Å². The Morgan fingerprint density at radius 2 is 1.95 bits per heavy atom. The minimum absolute atomic E-state index is 0.292. The van der Waals surface area contributed by atoms with E-state index in [0.717, 1.165) is 32.1 Å². The average molecular weight is 264 g/mol. The summed E-state index contributed by atoms with van der Waals surface area (Å²) in [5.74, 6) is 0.606. The third kappa shape index (κ3) is 3.16. The molecule has 1 saturated heterocycles. The van der Waals surface area contributed by atoms with Crippen molar-refractivity contribution >= 4 is 5.97 Å². The lowest BCUT2D eigenvalue weighted by Gasteiger charge is -2.34. The third-order valence-electron chi connectivity index (χ3n) is 4.02. The Bertz CT molecular complexity index is 445. The van der Waals surface area contributed by atoms with Crippen molar-refractivity contribution < 1.29 is 14.3 Å². The van der Waals surface area contributed by atoms with E-state index in [4.69, 9.17) is 9.52 Å². The second-order valence-corrected chi connectivity index (χ2v) is 5.58. The zero-order valence-corrected chi connectivity index (χ0v) is 11.0. The van der Waals surface area contributed by atoms with Crippen molar-refractivity contribution in [3.8, 4) is 0 Å². The van der Waals surface area contributed by atoms with Gasteiger partial charge in [0.05, 0.1) is 12.8 Å². The van der Waals surface area contributed by atoms with E-state index >= 15 is 0 Å². The average Bonchev–Trinajstić information content (AvgIpc) is 3.08. The molecule has 0 radical (unpaired) electrons. The molecular weight excluding hydrogens is 244 g/mol. The van der Waals surface area contributed by atoms with Crippen LogP contribution >= 0.6 is 0 Å². The molecule has 2 fully saturated rings. The van der Waals surface area contributed by atoms with Gasteiger partial charge in [-0.25, -0.2) is 4.79 Å². The molecule has 1 N–H and O–H groups in total. The van der Waals surface area contributed by atoms with Crippen LogP contribution < -0.4 is 0 Å². The summed E-state index contributed by atoms with van der Waals surface area (Å²) in [4.78, 5) is 15.8. The molecule has 0 amide bonds. The van der Waals surface area contributed by atoms with Gasteiger partial charge in [-0.2, -0.15) is 0 Å². The van der Waals surface area contributed by atoms with Gasteiger partial charge in [0, 0.05) is 32.7 Å². The van der Waals surface area contributed by atoms with Crippen LogP contribution in [0.25, 0.3) is 0 Å². The molecule has 19 heavy (non-hydrogen) atoms. The zero-order chi connectivity index (χ0) is 13.2. The molecule has 5 nitrogen and oxygen atoms in total. The number of carboxylic acids is 1. The summed E-state index contributed by atoms with van der Waals surface area (Å²) in [7, 11) is 0. The lowest BCUT2D eigenvalue weighted by molar-refractivity contribution is 0.0689. The Morgan fingerprint density at radius 1 is 1.26 bits per heavy atom. The first kappa shape index (κ1) is 12.7.